The minimum absolute atomic E-state index is 0.368. The van der Waals surface area contributed by atoms with Crippen LogP contribution in [0.5, 0.6) is 0 Å². The van der Waals surface area contributed by atoms with Crippen LogP contribution in [-0.4, -0.2) is 27.1 Å². The van der Waals surface area contributed by atoms with Crippen LogP contribution in [0.25, 0.3) is 16.0 Å². The van der Waals surface area contributed by atoms with Crippen molar-refractivity contribution >= 4 is 39.7 Å². The van der Waals surface area contributed by atoms with Crippen LogP contribution in [-0.2, 0) is 0 Å². The molecule has 0 N–H and O–H groups in total. The van der Waals surface area contributed by atoms with Gasteiger partial charge >= 0.3 is 0 Å². The number of rotatable bonds is 2. The first-order valence-electron chi connectivity index (χ1n) is 9.54. The summed E-state index contributed by atoms with van der Waals surface area (Å²) in [7, 11) is 0. The van der Waals surface area contributed by atoms with Gasteiger partial charge in [0.1, 0.15) is 11.0 Å². The Morgan fingerprint density at radius 3 is 2.67 bits per heavy atom. The second-order valence-corrected chi connectivity index (χ2v) is 10.9. The average Bonchev–Trinajstić information content (AvgIpc) is 3.07. The van der Waals surface area contributed by atoms with Crippen molar-refractivity contribution in [1.29, 1.82) is 0 Å². The van der Waals surface area contributed by atoms with E-state index in [-0.39, 0.29) is 0 Å². The Bertz CT molecular complexity index is 1070. The van der Waals surface area contributed by atoms with Gasteiger partial charge < -0.3 is 4.90 Å². The minimum Gasteiger partial charge on any atom is -0.352 e. The standard InChI is InChI=1S/C21H24N4S2/c1-20(2)9-15-10-21(3,11-20)12-24(15)17-16-18(23-13-22-17)25(19(26)27-16)14-7-5-4-6-8-14/h4-8,13,15H,9-12H2,1-3H3. The molecule has 5 rings (SSSR count). The van der Waals surface area contributed by atoms with E-state index in [2.05, 4.69) is 47.4 Å². The number of benzene rings is 1. The summed E-state index contributed by atoms with van der Waals surface area (Å²) in [6.45, 7) is 8.33. The molecule has 1 saturated heterocycles. The molecule has 1 aliphatic heterocycles. The Morgan fingerprint density at radius 2 is 1.89 bits per heavy atom. The van der Waals surface area contributed by atoms with Crippen LogP contribution >= 0.6 is 23.6 Å². The lowest BCUT2D eigenvalue weighted by molar-refractivity contribution is 0.136. The van der Waals surface area contributed by atoms with Crippen molar-refractivity contribution in [2.75, 3.05) is 11.4 Å². The largest absolute Gasteiger partial charge is 0.352 e. The highest BCUT2D eigenvalue weighted by Crippen LogP contribution is 2.54. The van der Waals surface area contributed by atoms with Gasteiger partial charge in [0.15, 0.2) is 15.4 Å². The molecule has 2 aliphatic rings. The normalized spacial score (nSPS) is 26.6. The van der Waals surface area contributed by atoms with Gasteiger partial charge in [-0.2, -0.15) is 0 Å². The van der Waals surface area contributed by atoms with E-state index in [1.807, 2.05) is 18.2 Å². The Labute approximate surface area is 168 Å². The molecule has 0 spiro atoms. The van der Waals surface area contributed by atoms with Gasteiger partial charge in [-0.1, -0.05) is 50.3 Å². The maximum Gasteiger partial charge on any atom is 0.168 e. The van der Waals surface area contributed by atoms with Crippen LogP contribution in [0, 0.1) is 14.8 Å². The van der Waals surface area contributed by atoms with Crippen LogP contribution < -0.4 is 4.90 Å². The zero-order valence-electron chi connectivity index (χ0n) is 16.0. The molecule has 2 atom stereocenters. The van der Waals surface area contributed by atoms with Crippen LogP contribution in [0.15, 0.2) is 36.7 Å². The maximum absolute atomic E-state index is 5.72. The number of para-hydroxylation sites is 1. The fourth-order valence-electron chi connectivity index (χ4n) is 5.54. The maximum atomic E-state index is 5.72. The van der Waals surface area contributed by atoms with Crippen LogP contribution in [0.4, 0.5) is 5.82 Å². The highest BCUT2D eigenvalue weighted by molar-refractivity contribution is 7.73. The molecule has 1 saturated carbocycles. The van der Waals surface area contributed by atoms with E-state index in [0.717, 1.165) is 32.4 Å². The molecule has 2 bridgehead atoms. The van der Waals surface area contributed by atoms with Crippen molar-refractivity contribution in [3.8, 4) is 5.69 Å². The number of hydrogen-bond donors (Lipinski definition) is 0. The minimum atomic E-state index is 0.368. The van der Waals surface area contributed by atoms with E-state index in [9.17, 15) is 0 Å². The summed E-state index contributed by atoms with van der Waals surface area (Å²) in [5, 5.41) is 0. The lowest BCUT2D eigenvalue weighted by atomic mass is 9.65. The van der Waals surface area contributed by atoms with Gasteiger partial charge in [0.2, 0.25) is 0 Å². The molecular formula is C21H24N4S2. The highest BCUT2D eigenvalue weighted by atomic mass is 32.1. The molecule has 2 fully saturated rings. The first-order chi connectivity index (χ1) is 12.9. The van der Waals surface area contributed by atoms with Gasteiger partial charge in [0, 0.05) is 18.3 Å². The zero-order valence-corrected chi connectivity index (χ0v) is 17.6. The van der Waals surface area contributed by atoms with Crippen LogP contribution in [0.3, 0.4) is 0 Å². The SMILES string of the molecule is CC1(C)CC2CC(C)(CN2c2ncnc3c2sc(=S)n3-c2ccccc2)C1. The van der Waals surface area contributed by atoms with Gasteiger partial charge in [-0.15, -0.1) is 0 Å². The summed E-state index contributed by atoms with van der Waals surface area (Å²) in [6, 6.07) is 10.8. The quantitative estimate of drug-likeness (QED) is 0.527. The summed E-state index contributed by atoms with van der Waals surface area (Å²) in [5.41, 5.74) is 2.74. The number of anilines is 1. The molecule has 0 radical (unpaired) electrons. The third-order valence-corrected chi connectivity index (χ3v) is 7.41. The van der Waals surface area contributed by atoms with Crippen molar-refractivity contribution in [3.05, 3.63) is 40.6 Å². The van der Waals surface area contributed by atoms with E-state index in [0.29, 0.717) is 16.9 Å². The summed E-state index contributed by atoms with van der Waals surface area (Å²) >= 11 is 7.35. The summed E-state index contributed by atoms with van der Waals surface area (Å²) in [6.07, 6.45) is 5.46. The zero-order chi connectivity index (χ0) is 18.8. The predicted molar refractivity (Wildman–Crippen MR) is 114 cm³/mol. The van der Waals surface area contributed by atoms with Crippen molar-refractivity contribution < 1.29 is 0 Å². The topological polar surface area (TPSA) is 34.0 Å². The molecule has 1 aromatic carbocycles. The van der Waals surface area contributed by atoms with E-state index < -0.39 is 0 Å². The van der Waals surface area contributed by atoms with Crippen molar-refractivity contribution in [1.82, 2.24) is 14.5 Å². The van der Waals surface area contributed by atoms with Crippen LogP contribution in [0.2, 0.25) is 0 Å². The number of fused-ring (bicyclic) bond motifs is 3. The van der Waals surface area contributed by atoms with Gasteiger partial charge in [-0.3, -0.25) is 4.57 Å². The molecule has 4 nitrogen and oxygen atoms in total. The predicted octanol–water partition coefficient (Wildman–Crippen LogP) is 5.62. The number of nitrogens with zero attached hydrogens (tertiary/aromatic N) is 4. The molecule has 0 amide bonds. The molecule has 27 heavy (non-hydrogen) atoms. The molecule has 2 aromatic heterocycles. The second kappa shape index (κ2) is 5.85. The van der Waals surface area contributed by atoms with E-state index >= 15 is 0 Å². The van der Waals surface area contributed by atoms with Gasteiger partial charge in [-0.05, 0) is 54.4 Å². The monoisotopic (exact) mass is 396 g/mol. The Kier molecular flexibility index (Phi) is 3.75. The van der Waals surface area contributed by atoms with Gasteiger partial charge in [-0.25, -0.2) is 9.97 Å². The average molecular weight is 397 g/mol. The first-order valence-corrected chi connectivity index (χ1v) is 10.8. The Morgan fingerprint density at radius 1 is 1.11 bits per heavy atom. The van der Waals surface area contributed by atoms with Crippen LogP contribution in [0.1, 0.15) is 40.0 Å². The third-order valence-electron chi connectivity index (χ3n) is 6.05. The number of aromatic nitrogens is 3. The van der Waals surface area contributed by atoms with E-state index in [1.165, 1.54) is 19.3 Å². The van der Waals surface area contributed by atoms with Gasteiger partial charge in [0.25, 0.3) is 0 Å². The number of hydrogen-bond acceptors (Lipinski definition) is 5. The van der Waals surface area contributed by atoms with Crippen molar-refractivity contribution in [2.45, 2.75) is 46.1 Å². The Balaban J connectivity index is 1.65. The van der Waals surface area contributed by atoms with Gasteiger partial charge in [0.05, 0.1) is 0 Å². The third kappa shape index (κ3) is 2.81. The fraction of sp³-hybridized carbons (Fsp3) is 0.476. The molecule has 1 aliphatic carbocycles. The summed E-state index contributed by atoms with van der Waals surface area (Å²) in [4.78, 5) is 11.9. The van der Waals surface area contributed by atoms with E-state index in [1.54, 1.807) is 17.7 Å². The van der Waals surface area contributed by atoms with E-state index in [4.69, 9.17) is 17.2 Å². The van der Waals surface area contributed by atoms with Crippen molar-refractivity contribution in [2.24, 2.45) is 10.8 Å². The fourth-order valence-corrected chi connectivity index (χ4v) is 6.94. The Hall–Kier alpha value is -1.79. The summed E-state index contributed by atoms with van der Waals surface area (Å²) < 4.78 is 4.01. The second-order valence-electron chi connectivity index (χ2n) is 9.23. The number of thiazole rings is 1. The molecular weight excluding hydrogens is 372 g/mol. The molecule has 3 aromatic rings. The lowest BCUT2D eigenvalue weighted by Crippen LogP contribution is -2.35. The highest BCUT2D eigenvalue weighted by Gasteiger charge is 2.50. The lowest BCUT2D eigenvalue weighted by Gasteiger charge is -2.39. The molecule has 140 valence electrons. The van der Waals surface area contributed by atoms with Crippen molar-refractivity contribution in [3.63, 3.8) is 0 Å². The summed E-state index contributed by atoms with van der Waals surface area (Å²) in [5.74, 6) is 1.07. The smallest absolute Gasteiger partial charge is 0.168 e. The first kappa shape index (κ1) is 17.3. The molecule has 2 unspecified atom stereocenters. The molecule has 6 heteroatoms. The molecule has 3 heterocycles.